The van der Waals surface area contributed by atoms with Gasteiger partial charge in [-0.2, -0.15) is 4.57 Å². The van der Waals surface area contributed by atoms with Gasteiger partial charge in [0.15, 0.2) is 5.78 Å². The second kappa shape index (κ2) is 17.2. The number of ketones is 1. The van der Waals surface area contributed by atoms with E-state index in [1.165, 1.54) is 95.4 Å². The normalized spacial score (nSPS) is 19.2. The zero-order chi connectivity index (χ0) is 30.5. The Labute approximate surface area is 247 Å². The molecule has 42 heavy (non-hydrogen) atoms. The summed E-state index contributed by atoms with van der Waals surface area (Å²) in [6, 6.07) is 2.96. The van der Waals surface area contributed by atoms with Crippen LogP contribution in [0.3, 0.4) is 0 Å². The zero-order valence-corrected chi connectivity index (χ0v) is 25.1. The molecular weight excluding hydrogens is 538 g/mol. The summed E-state index contributed by atoms with van der Waals surface area (Å²) in [5.74, 6) is -1.47. The van der Waals surface area contributed by atoms with Crippen molar-refractivity contribution < 1.29 is 24.5 Å². The molecule has 2 aromatic heterocycles. The van der Waals surface area contributed by atoms with Crippen molar-refractivity contribution in [2.45, 2.75) is 135 Å². The number of carbonyl (C=O) groups is 2. The molecule has 1 aliphatic rings. The minimum Gasteiger partial charge on any atom is -0.390 e. The van der Waals surface area contributed by atoms with Crippen LogP contribution in [-0.2, 0) is 9.53 Å². The van der Waals surface area contributed by atoms with Gasteiger partial charge in [-0.15, -0.1) is 0 Å². The first-order valence-corrected chi connectivity index (χ1v) is 15.6. The summed E-state index contributed by atoms with van der Waals surface area (Å²) in [7, 11) is 0. The summed E-state index contributed by atoms with van der Waals surface area (Å²) >= 11 is 0. The van der Waals surface area contributed by atoms with Gasteiger partial charge in [-0.05, 0) is 25.5 Å². The fraction of sp³-hybridized carbons (Fsp3) is 0.656. The summed E-state index contributed by atoms with van der Waals surface area (Å²) in [5, 5.41) is 21.1. The molecule has 1 aliphatic heterocycles. The largest absolute Gasteiger partial charge is 0.390 e. The molecule has 4 atom stereocenters. The van der Waals surface area contributed by atoms with Gasteiger partial charge in [0.25, 0.3) is 11.5 Å². The number of hydrogen-bond donors (Lipinski definition) is 2. The second-order valence-electron chi connectivity index (χ2n) is 11.5. The van der Waals surface area contributed by atoms with Gasteiger partial charge in [0.2, 0.25) is 0 Å². The van der Waals surface area contributed by atoms with Gasteiger partial charge in [0.05, 0.1) is 11.7 Å². The second-order valence-corrected chi connectivity index (χ2v) is 11.5. The third kappa shape index (κ3) is 9.28. The number of carbonyl (C=O) groups excluding carboxylic acids is 2. The topological polar surface area (TPSA) is 141 Å². The number of unbranched alkanes of at least 4 members (excludes halogenated alkanes) is 12. The lowest BCUT2D eigenvalue weighted by molar-refractivity contribution is -0.144. The van der Waals surface area contributed by atoms with Crippen LogP contribution < -0.4 is 11.2 Å². The molecule has 1 saturated heterocycles. The van der Waals surface area contributed by atoms with E-state index in [1.54, 1.807) is 0 Å². The van der Waals surface area contributed by atoms with Gasteiger partial charge in [-0.1, -0.05) is 90.4 Å². The fourth-order valence-corrected chi connectivity index (χ4v) is 5.47. The van der Waals surface area contributed by atoms with Crippen molar-refractivity contribution in [3.05, 3.63) is 62.7 Å². The molecule has 1 fully saturated rings. The highest BCUT2D eigenvalue weighted by Gasteiger charge is 2.42. The third-order valence-electron chi connectivity index (χ3n) is 7.99. The molecule has 0 saturated carbocycles. The van der Waals surface area contributed by atoms with Crippen LogP contribution in [0.4, 0.5) is 0 Å². The van der Waals surface area contributed by atoms with Gasteiger partial charge < -0.3 is 14.9 Å². The molecule has 10 heteroatoms. The lowest BCUT2D eigenvalue weighted by atomic mass is 9.99. The Bertz CT molecular complexity index is 1260. The van der Waals surface area contributed by atoms with E-state index in [0.29, 0.717) is 11.0 Å². The van der Waals surface area contributed by atoms with Crippen molar-refractivity contribution in [3.63, 3.8) is 0 Å². The van der Waals surface area contributed by atoms with E-state index in [0.717, 1.165) is 23.8 Å². The zero-order valence-electron chi connectivity index (χ0n) is 25.1. The average molecular weight is 586 g/mol. The van der Waals surface area contributed by atoms with Crippen LogP contribution in [0.25, 0.3) is 0 Å². The molecule has 2 aromatic rings. The van der Waals surface area contributed by atoms with Crippen molar-refractivity contribution in [3.8, 4) is 0 Å². The molecule has 3 heterocycles. The van der Waals surface area contributed by atoms with Crippen molar-refractivity contribution in [1.82, 2.24) is 14.1 Å². The molecule has 1 unspecified atom stereocenters. The molecule has 0 spiro atoms. The predicted molar refractivity (Wildman–Crippen MR) is 160 cm³/mol. The highest BCUT2D eigenvalue weighted by Crippen LogP contribution is 2.29. The highest BCUT2D eigenvalue weighted by molar-refractivity contribution is 5.95. The molecule has 10 nitrogen and oxygen atoms in total. The first-order valence-electron chi connectivity index (χ1n) is 15.6. The van der Waals surface area contributed by atoms with Gasteiger partial charge in [0, 0.05) is 30.6 Å². The van der Waals surface area contributed by atoms with Gasteiger partial charge >= 0.3 is 5.69 Å². The smallest absolute Gasteiger partial charge is 0.340 e. The van der Waals surface area contributed by atoms with Gasteiger partial charge in [0.1, 0.15) is 18.4 Å². The van der Waals surface area contributed by atoms with Crippen molar-refractivity contribution >= 4 is 11.7 Å². The number of pyridine rings is 1. The number of nitrogens with zero attached hydrogens (tertiary/aromatic N) is 3. The lowest BCUT2D eigenvalue weighted by Gasteiger charge is -2.19. The predicted octanol–water partition coefficient (Wildman–Crippen LogP) is 4.46. The van der Waals surface area contributed by atoms with Crippen molar-refractivity contribution in [1.29, 1.82) is 0 Å². The maximum Gasteiger partial charge on any atom is 0.340 e. The first-order chi connectivity index (χ1) is 20.3. The quantitative estimate of drug-likeness (QED) is 0.244. The molecule has 0 bridgehead atoms. The standard InChI is InChI=1S/C32H47N3O7/c1-3-4-5-6-7-8-9-10-11-12-13-14-15-18-25(36)28(38)29-26(37)20-27(42-29)34-22-23(2)30(39)35(32(34)41)31(40)24-17-16-19-33-21-24/h16-17,19,21-22,25-27,29,36-37H,3-15,18,20H2,1-2H3/t25?,26-,27+,29-/m0/s1. The van der Waals surface area contributed by atoms with Crippen LogP contribution in [0.5, 0.6) is 0 Å². The SMILES string of the molecule is CCCCCCCCCCCCCCCC(O)C(=O)[C@H]1O[C@@H](n2cc(C)c(=O)n(C(=O)c3cccnc3)c2=O)C[C@@H]1O. The van der Waals surface area contributed by atoms with Crippen LogP contribution in [0, 0.1) is 6.92 Å². The maximum atomic E-state index is 13.2. The van der Waals surface area contributed by atoms with Crippen LogP contribution in [-0.4, -0.2) is 54.3 Å². The Kier molecular flexibility index (Phi) is 13.8. The number of aliphatic hydroxyl groups excluding tert-OH is 2. The summed E-state index contributed by atoms with van der Waals surface area (Å²) in [6.07, 6.45) is 14.7. The van der Waals surface area contributed by atoms with E-state index in [9.17, 15) is 29.4 Å². The summed E-state index contributed by atoms with van der Waals surface area (Å²) < 4.78 is 7.28. The van der Waals surface area contributed by atoms with E-state index < -0.39 is 47.5 Å². The Morgan fingerprint density at radius 3 is 2.17 bits per heavy atom. The summed E-state index contributed by atoms with van der Waals surface area (Å²) in [6.45, 7) is 3.69. The number of rotatable bonds is 18. The summed E-state index contributed by atoms with van der Waals surface area (Å²) in [5.41, 5.74) is -1.55. The minimum atomic E-state index is -1.31. The number of aromatic nitrogens is 3. The van der Waals surface area contributed by atoms with Crippen molar-refractivity contribution in [2.24, 2.45) is 0 Å². The lowest BCUT2D eigenvalue weighted by Crippen LogP contribution is -2.45. The molecule has 0 aliphatic carbocycles. The third-order valence-corrected chi connectivity index (χ3v) is 7.99. The van der Waals surface area contributed by atoms with Crippen LogP contribution in [0.2, 0.25) is 0 Å². The highest BCUT2D eigenvalue weighted by atomic mass is 16.5. The van der Waals surface area contributed by atoms with Crippen LogP contribution >= 0.6 is 0 Å². The molecular formula is C32H47N3O7. The minimum absolute atomic E-state index is 0.0607. The number of Topliss-reactive ketones (excluding diaryl/α,β-unsaturated/α-hetero) is 1. The Morgan fingerprint density at radius 2 is 1.60 bits per heavy atom. The molecule has 2 N–H and O–H groups in total. The molecule has 0 radical (unpaired) electrons. The Balaban J connectivity index is 1.46. The maximum absolute atomic E-state index is 13.2. The van der Waals surface area contributed by atoms with Crippen LogP contribution in [0.15, 0.2) is 40.3 Å². The number of aliphatic hydroxyl groups is 2. The Hall–Kier alpha value is -2.95. The number of ether oxygens (including phenoxy) is 1. The number of aryl methyl sites for hydroxylation is 1. The molecule has 232 valence electrons. The van der Waals surface area contributed by atoms with Crippen LogP contribution in [0.1, 0.15) is 125 Å². The molecule has 3 rings (SSSR count). The van der Waals surface area contributed by atoms with E-state index in [4.69, 9.17) is 4.74 Å². The summed E-state index contributed by atoms with van der Waals surface area (Å²) in [4.78, 5) is 55.6. The van der Waals surface area contributed by atoms with E-state index in [2.05, 4.69) is 11.9 Å². The fourth-order valence-electron chi connectivity index (χ4n) is 5.47. The van der Waals surface area contributed by atoms with E-state index in [-0.39, 0.29) is 24.0 Å². The van der Waals surface area contributed by atoms with E-state index in [1.807, 2.05) is 0 Å². The van der Waals surface area contributed by atoms with Crippen molar-refractivity contribution in [2.75, 3.05) is 0 Å². The van der Waals surface area contributed by atoms with Gasteiger partial charge in [-0.3, -0.25) is 23.9 Å². The molecule has 0 amide bonds. The first kappa shape index (κ1) is 33.6. The Morgan fingerprint density at radius 1 is 1.00 bits per heavy atom. The average Bonchev–Trinajstić information content (AvgIpc) is 3.38. The molecule has 0 aromatic carbocycles. The number of hydrogen-bond acceptors (Lipinski definition) is 8. The van der Waals surface area contributed by atoms with E-state index >= 15 is 0 Å². The monoisotopic (exact) mass is 585 g/mol. The van der Waals surface area contributed by atoms with Gasteiger partial charge in [-0.25, -0.2) is 4.79 Å².